The van der Waals surface area contributed by atoms with E-state index in [0.717, 1.165) is 18.2 Å². The maximum absolute atomic E-state index is 11.1. The fraction of sp³-hybridized carbons (Fsp3) is 0.667. The summed E-state index contributed by atoms with van der Waals surface area (Å²) in [5, 5.41) is 0.824. The second-order valence-electron chi connectivity index (χ2n) is 2.79. The van der Waals surface area contributed by atoms with Crippen molar-refractivity contribution in [3.63, 3.8) is 0 Å². The average molecular weight is 338 g/mol. The Morgan fingerprint density at radius 1 is 1.33 bits per heavy atom. The van der Waals surface area contributed by atoms with Crippen LogP contribution in [0.5, 0.6) is 0 Å². The largest absolute Gasteiger partial charge is 0.461 e. The van der Waals surface area contributed by atoms with E-state index in [1.165, 1.54) is 0 Å². The van der Waals surface area contributed by atoms with Gasteiger partial charge in [-0.15, -0.1) is 0 Å². The Morgan fingerprint density at radius 3 is 2.53 bits per heavy atom. The molecule has 0 fully saturated rings. The smallest absolute Gasteiger partial charge is 0.305 e. The minimum atomic E-state index is -1.52. The van der Waals surface area contributed by atoms with E-state index in [2.05, 4.69) is 15.9 Å². The highest BCUT2D eigenvalue weighted by atomic mass is 79.9. The highest BCUT2D eigenvalue weighted by Gasteiger charge is 2.21. The summed E-state index contributed by atoms with van der Waals surface area (Å²) in [4.78, 5) is 11.1. The van der Waals surface area contributed by atoms with Gasteiger partial charge in [-0.1, -0.05) is 62.9 Å². The number of esters is 1. The van der Waals surface area contributed by atoms with Crippen molar-refractivity contribution in [2.75, 3.05) is 11.9 Å². The molecule has 6 heteroatoms. The molecule has 0 saturated carbocycles. The minimum Gasteiger partial charge on any atom is -0.461 e. The van der Waals surface area contributed by atoms with E-state index in [1.807, 2.05) is 12.2 Å². The van der Waals surface area contributed by atoms with Crippen LogP contribution in [0, 0.1) is 0 Å². The van der Waals surface area contributed by atoms with Crippen LogP contribution in [0.2, 0.25) is 0 Å². The molecule has 0 aromatic heterocycles. The first-order valence-corrected chi connectivity index (χ1v) is 6.64. The van der Waals surface area contributed by atoms with Crippen LogP contribution in [-0.4, -0.2) is 21.7 Å². The van der Waals surface area contributed by atoms with Gasteiger partial charge in [-0.2, -0.15) is 0 Å². The summed E-state index contributed by atoms with van der Waals surface area (Å²) >= 11 is 19.5. The van der Waals surface area contributed by atoms with Crippen molar-refractivity contribution >= 4 is 56.7 Å². The first kappa shape index (κ1) is 15.6. The summed E-state index contributed by atoms with van der Waals surface area (Å²) in [5.74, 6) is -0.339. The number of allylic oxidation sites excluding steroid dienone is 2. The molecule has 0 N–H and O–H groups in total. The zero-order chi connectivity index (χ0) is 11.7. The Hall–Kier alpha value is 0.560. The zero-order valence-corrected chi connectivity index (χ0v) is 11.9. The SMILES string of the molecule is O=C(CCCC=CCBr)OCC(Cl)(Cl)Cl. The maximum Gasteiger partial charge on any atom is 0.305 e. The molecule has 15 heavy (non-hydrogen) atoms. The van der Waals surface area contributed by atoms with E-state index >= 15 is 0 Å². The Balaban J connectivity index is 3.46. The van der Waals surface area contributed by atoms with Crippen LogP contribution in [0.4, 0.5) is 0 Å². The fourth-order valence-corrected chi connectivity index (χ4v) is 1.21. The van der Waals surface area contributed by atoms with Crippen LogP contribution in [0.1, 0.15) is 19.3 Å². The van der Waals surface area contributed by atoms with Crippen LogP contribution in [0.3, 0.4) is 0 Å². The Bertz CT molecular complexity index is 214. The summed E-state index contributed by atoms with van der Waals surface area (Å²) < 4.78 is 3.22. The number of unbranched alkanes of at least 4 members (excludes halogenated alkanes) is 1. The third-order valence-corrected chi connectivity index (χ3v) is 2.11. The molecule has 0 atom stereocenters. The molecule has 0 aliphatic rings. The number of carbonyl (C=O) groups is 1. The first-order chi connectivity index (χ1) is 6.95. The van der Waals surface area contributed by atoms with Gasteiger partial charge in [0, 0.05) is 11.8 Å². The maximum atomic E-state index is 11.1. The topological polar surface area (TPSA) is 26.3 Å². The molecular formula is C9H12BrCl3O2. The second kappa shape index (κ2) is 8.68. The van der Waals surface area contributed by atoms with Gasteiger partial charge in [0.05, 0.1) is 0 Å². The Labute approximate surface area is 113 Å². The van der Waals surface area contributed by atoms with E-state index in [9.17, 15) is 4.79 Å². The van der Waals surface area contributed by atoms with Gasteiger partial charge in [-0.05, 0) is 12.8 Å². The summed E-state index contributed by atoms with van der Waals surface area (Å²) in [6.45, 7) is -0.201. The lowest BCUT2D eigenvalue weighted by Crippen LogP contribution is -2.16. The summed E-state index contributed by atoms with van der Waals surface area (Å²) in [7, 11) is 0. The number of alkyl halides is 4. The zero-order valence-electron chi connectivity index (χ0n) is 8.02. The molecule has 2 nitrogen and oxygen atoms in total. The monoisotopic (exact) mass is 336 g/mol. The highest BCUT2D eigenvalue weighted by molar-refractivity contribution is 9.09. The minimum absolute atomic E-state index is 0.201. The van der Waals surface area contributed by atoms with Crippen molar-refractivity contribution in [3.05, 3.63) is 12.2 Å². The fourth-order valence-electron chi connectivity index (χ4n) is 0.780. The molecule has 88 valence electrons. The van der Waals surface area contributed by atoms with Crippen LogP contribution in [0.25, 0.3) is 0 Å². The molecule has 0 heterocycles. The predicted molar refractivity (Wildman–Crippen MR) is 68.0 cm³/mol. The van der Waals surface area contributed by atoms with E-state index in [1.54, 1.807) is 0 Å². The lowest BCUT2D eigenvalue weighted by Gasteiger charge is -2.10. The number of carbonyl (C=O) groups excluding carboxylic acids is 1. The molecule has 0 rings (SSSR count). The highest BCUT2D eigenvalue weighted by Crippen LogP contribution is 2.26. The van der Waals surface area contributed by atoms with Gasteiger partial charge < -0.3 is 4.74 Å². The molecule has 0 aromatic rings. The van der Waals surface area contributed by atoms with Gasteiger partial charge in [-0.3, -0.25) is 4.79 Å². The average Bonchev–Trinajstić information content (AvgIpc) is 2.13. The lowest BCUT2D eigenvalue weighted by molar-refractivity contribution is -0.143. The molecule has 0 spiro atoms. The normalized spacial score (nSPS) is 12.0. The standard InChI is InChI=1S/C9H12BrCl3O2/c10-6-4-2-1-3-5-8(14)15-7-9(11,12)13/h2,4H,1,3,5-7H2. The number of hydrogen-bond donors (Lipinski definition) is 0. The van der Waals surface area contributed by atoms with Gasteiger partial charge in [-0.25, -0.2) is 0 Å². The number of hydrogen-bond acceptors (Lipinski definition) is 2. The second-order valence-corrected chi connectivity index (χ2v) is 5.96. The van der Waals surface area contributed by atoms with Crippen molar-refractivity contribution in [1.29, 1.82) is 0 Å². The molecule has 0 aliphatic heterocycles. The summed E-state index contributed by atoms with van der Waals surface area (Å²) in [6, 6.07) is 0. The lowest BCUT2D eigenvalue weighted by atomic mass is 10.2. The molecule has 0 unspecified atom stereocenters. The van der Waals surface area contributed by atoms with Crippen molar-refractivity contribution in [2.45, 2.75) is 23.1 Å². The van der Waals surface area contributed by atoms with Crippen molar-refractivity contribution < 1.29 is 9.53 Å². The van der Waals surface area contributed by atoms with Crippen LogP contribution in [0.15, 0.2) is 12.2 Å². The van der Waals surface area contributed by atoms with Crippen LogP contribution < -0.4 is 0 Å². The van der Waals surface area contributed by atoms with E-state index in [4.69, 9.17) is 39.5 Å². The van der Waals surface area contributed by atoms with Crippen molar-refractivity contribution in [1.82, 2.24) is 0 Å². The van der Waals surface area contributed by atoms with Gasteiger partial charge in [0.15, 0.2) is 0 Å². The molecule has 0 saturated heterocycles. The van der Waals surface area contributed by atoms with E-state index in [0.29, 0.717) is 6.42 Å². The summed E-state index contributed by atoms with van der Waals surface area (Å²) in [5.41, 5.74) is 0. The third kappa shape index (κ3) is 12.5. The molecule has 0 aliphatic carbocycles. The molecule has 0 aromatic carbocycles. The molecule has 0 amide bonds. The van der Waals surface area contributed by atoms with Gasteiger partial charge >= 0.3 is 5.97 Å². The predicted octanol–water partition coefficient (Wildman–Crippen LogP) is 4.02. The molecule has 0 radical (unpaired) electrons. The van der Waals surface area contributed by atoms with Crippen molar-refractivity contribution in [2.24, 2.45) is 0 Å². The van der Waals surface area contributed by atoms with Crippen LogP contribution in [-0.2, 0) is 9.53 Å². The Morgan fingerprint density at radius 2 is 2.00 bits per heavy atom. The van der Waals surface area contributed by atoms with Gasteiger partial charge in [0.1, 0.15) is 6.61 Å². The van der Waals surface area contributed by atoms with Crippen molar-refractivity contribution in [3.8, 4) is 0 Å². The summed E-state index contributed by atoms with van der Waals surface area (Å²) in [6.07, 6.45) is 5.90. The number of halogens is 4. The van der Waals surface area contributed by atoms with E-state index < -0.39 is 3.79 Å². The first-order valence-electron chi connectivity index (χ1n) is 4.39. The molecular weight excluding hydrogens is 326 g/mol. The number of rotatable bonds is 6. The van der Waals surface area contributed by atoms with Crippen LogP contribution >= 0.6 is 50.7 Å². The quantitative estimate of drug-likeness (QED) is 0.316. The Kier molecular flexibility index (Phi) is 9.01. The van der Waals surface area contributed by atoms with E-state index in [-0.39, 0.29) is 12.6 Å². The third-order valence-electron chi connectivity index (χ3n) is 1.40. The number of ether oxygens (including phenoxy) is 1. The molecule has 0 bridgehead atoms. The van der Waals surface area contributed by atoms with Gasteiger partial charge in [0.2, 0.25) is 3.79 Å². The van der Waals surface area contributed by atoms with Gasteiger partial charge in [0.25, 0.3) is 0 Å².